The Morgan fingerprint density at radius 1 is 1.19 bits per heavy atom. The van der Waals surface area contributed by atoms with Crippen LogP contribution in [-0.2, 0) is 16.1 Å². The van der Waals surface area contributed by atoms with Crippen LogP contribution in [0.25, 0.3) is 10.9 Å². The number of benzene rings is 1. The summed E-state index contributed by atoms with van der Waals surface area (Å²) in [6.07, 6.45) is 1.20. The number of carboxylic acid groups (broad SMARTS) is 1. The van der Waals surface area contributed by atoms with Gasteiger partial charge < -0.3 is 24.8 Å². The normalized spacial score (nSPS) is 20.2. The molecule has 1 aromatic carbocycles. The summed E-state index contributed by atoms with van der Waals surface area (Å²) in [6, 6.07) is -2.24. The van der Waals surface area contributed by atoms with Crippen molar-refractivity contribution in [2.24, 2.45) is 0 Å². The van der Waals surface area contributed by atoms with E-state index in [0.717, 1.165) is 6.07 Å². The number of piperazine rings is 1. The molecule has 14 nitrogen and oxygen atoms in total. The molecular formula is C21H21FN6O8. The molecule has 4 rings (SSSR count). The van der Waals surface area contributed by atoms with Crippen molar-refractivity contribution >= 4 is 40.4 Å². The summed E-state index contributed by atoms with van der Waals surface area (Å²) in [5.41, 5.74) is -0.804. The fraction of sp³-hybridized carbons (Fsp3) is 0.381. The zero-order chi connectivity index (χ0) is 26.3. The average molecular weight is 504 g/mol. The first kappa shape index (κ1) is 24.6. The Morgan fingerprint density at radius 2 is 1.86 bits per heavy atom. The van der Waals surface area contributed by atoms with Gasteiger partial charge in [-0.2, -0.15) is 0 Å². The summed E-state index contributed by atoms with van der Waals surface area (Å²) >= 11 is 0. The number of urea groups is 1. The Kier molecular flexibility index (Phi) is 6.30. The number of rotatable bonds is 5. The summed E-state index contributed by atoms with van der Waals surface area (Å²) in [7, 11) is 0. The standard InChI is InChI=1S/C21H21FN6O8/c1-2-25-9-11(20(32)33)17(29)10-7-12(22)14(8-13(10)25)26-3-5-27(6-4-26)19(31)15-16(28(35)36)18(30)24-21(34)23-15/h7-9,15-16H,2-6H2,1H3,(H,32,33)(H2,23,24,30,34). The molecule has 2 atom stereocenters. The van der Waals surface area contributed by atoms with Crippen LogP contribution in [0.4, 0.5) is 14.9 Å². The lowest BCUT2D eigenvalue weighted by molar-refractivity contribution is -0.510. The van der Waals surface area contributed by atoms with E-state index in [9.17, 15) is 39.2 Å². The highest BCUT2D eigenvalue weighted by Crippen LogP contribution is 2.26. The monoisotopic (exact) mass is 504 g/mol. The number of amides is 4. The van der Waals surface area contributed by atoms with Crippen LogP contribution >= 0.6 is 0 Å². The number of nitrogens with one attached hydrogen (secondary N) is 2. The predicted molar refractivity (Wildman–Crippen MR) is 121 cm³/mol. The van der Waals surface area contributed by atoms with Crippen LogP contribution in [-0.4, -0.2) is 81.6 Å². The van der Waals surface area contributed by atoms with E-state index in [2.05, 4.69) is 5.32 Å². The van der Waals surface area contributed by atoms with Crippen molar-refractivity contribution in [2.75, 3.05) is 31.1 Å². The molecule has 2 fully saturated rings. The number of nitro groups is 1. The molecule has 2 unspecified atom stereocenters. The number of halogens is 1. The number of nitrogens with zero attached hydrogens (tertiary/aromatic N) is 4. The van der Waals surface area contributed by atoms with Crippen LogP contribution in [0.3, 0.4) is 0 Å². The third-order valence-electron chi connectivity index (χ3n) is 6.25. The number of imide groups is 1. The summed E-state index contributed by atoms with van der Waals surface area (Å²) in [4.78, 5) is 73.5. The highest BCUT2D eigenvalue weighted by molar-refractivity contribution is 6.05. The van der Waals surface area contributed by atoms with E-state index in [-0.39, 0.29) is 37.3 Å². The summed E-state index contributed by atoms with van der Waals surface area (Å²) < 4.78 is 16.6. The second-order valence-corrected chi connectivity index (χ2v) is 8.27. The van der Waals surface area contributed by atoms with Crippen LogP contribution in [0, 0.1) is 15.9 Å². The molecule has 2 aromatic rings. The van der Waals surface area contributed by atoms with Gasteiger partial charge in [0.2, 0.25) is 5.43 Å². The Bertz CT molecular complexity index is 1370. The van der Waals surface area contributed by atoms with Gasteiger partial charge in [-0.05, 0) is 19.1 Å². The molecule has 0 bridgehead atoms. The molecule has 2 saturated heterocycles. The van der Waals surface area contributed by atoms with E-state index in [1.54, 1.807) is 17.1 Å². The average Bonchev–Trinajstić information content (AvgIpc) is 2.83. The molecule has 0 spiro atoms. The minimum Gasteiger partial charge on any atom is -0.477 e. The number of carbonyl (C=O) groups excluding carboxylic acids is 3. The second kappa shape index (κ2) is 9.24. The first-order chi connectivity index (χ1) is 17.0. The highest BCUT2D eigenvalue weighted by Gasteiger charge is 2.50. The number of hydrogen-bond donors (Lipinski definition) is 3. The Balaban J connectivity index is 1.57. The number of aryl methyl sites for hydroxylation is 1. The van der Waals surface area contributed by atoms with Gasteiger partial charge in [-0.25, -0.2) is 14.0 Å². The van der Waals surface area contributed by atoms with Crippen LogP contribution in [0.15, 0.2) is 23.1 Å². The molecule has 4 amide bonds. The van der Waals surface area contributed by atoms with Crippen molar-refractivity contribution in [3.8, 4) is 0 Å². The lowest BCUT2D eigenvalue weighted by Gasteiger charge is -2.38. The maximum absolute atomic E-state index is 15.0. The third kappa shape index (κ3) is 4.18. The molecule has 36 heavy (non-hydrogen) atoms. The van der Waals surface area contributed by atoms with Gasteiger partial charge in [0, 0.05) is 49.2 Å². The van der Waals surface area contributed by atoms with E-state index in [4.69, 9.17) is 0 Å². The van der Waals surface area contributed by atoms with Gasteiger partial charge in [0.05, 0.1) is 11.2 Å². The lowest BCUT2D eigenvalue weighted by atomic mass is 10.0. The zero-order valence-corrected chi connectivity index (χ0v) is 18.9. The number of hydrogen-bond acceptors (Lipinski definition) is 8. The van der Waals surface area contributed by atoms with Gasteiger partial charge >= 0.3 is 23.9 Å². The number of carboxylic acids is 1. The van der Waals surface area contributed by atoms with Gasteiger partial charge in [0.1, 0.15) is 11.4 Å². The topological polar surface area (TPSA) is 184 Å². The number of aromatic carboxylic acids is 1. The summed E-state index contributed by atoms with van der Waals surface area (Å²) in [5.74, 6) is -4.17. The molecule has 0 aliphatic carbocycles. The van der Waals surface area contributed by atoms with Crippen molar-refractivity contribution < 1.29 is 33.6 Å². The van der Waals surface area contributed by atoms with Crippen molar-refractivity contribution in [3.63, 3.8) is 0 Å². The SMILES string of the molecule is CCn1cc(C(=O)O)c(=O)c2cc(F)c(N3CCN(C(=O)C4NC(=O)NC(=O)C4[N+](=O)[O-])CC3)cc21. The van der Waals surface area contributed by atoms with Gasteiger partial charge in [-0.1, -0.05) is 0 Å². The van der Waals surface area contributed by atoms with E-state index in [0.29, 0.717) is 12.1 Å². The fourth-order valence-electron chi connectivity index (χ4n) is 4.43. The largest absolute Gasteiger partial charge is 0.477 e. The van der Waals surface area contributed by atoms with Crippen LogP contribution in [0.2, 0.25) is 0 Å². The molecule has 1 aromatic heterocycles. The molecule has 0 saturated carbocycles. The fourth-order valence-corrected chi connectivity index (χ4v) is 4.43. The van der Waals surface area contributed by atoms with E-state index >= 15 is 4.39 Å². The number of fused-ring (bicyclic) bond motifs is 1. The van der Waals surface area contributed by atoms with Crippen LogP contribution in [0.5, 0.6) is 0 Å². The zero-order valence-electron chi connectivity index (χ0n) is 18.9. The number of aromatic nitrogens is 1. The predicted octanol–water partition coefficient (Wildman–Crippen LogP) is -0.639. The first-order valence-electron chi connectivity index (χ1n) is 10.9. The molecule has 190 valence electrons. The van der Waals surface area contributed by atoms with Crippen molar-refractivity contribution in [2.45, 2.75) is 25.6 Å². The number of pyridine rings is 1. The first-order valence-corrected chi connectivity index (χ1v) is 10.9. The van der Waals surface area contributed by atoms with E-state index in [1.165, 1.54) is 21.7 Å². The Labute approximate surface area is 201 Å². The summed E-state index contributed by atoms with van der Waals surface area (Å²) in [5, 5.41) is 24.4. The lowest BCUT2D eigenvalue weighted by Crippen LogP contribution is -2.69. The van der Waals surface area contributed by atoms with Crippen molar-refractivity contribution in [1.82, 2.24) is 20.1 Å². The van der Waals surface area contributed by atoms with Gasteiger partial charge in [-0.3, -0.25) is 29.8 Å². The van der Waals surface area contributed by atoms with Crippen LogP contribution in [0.1, 0.15) is 17.3 Å². The van der Waals surface area contributed by atoms with Gasteiger partial charge in [-0.15, -0.1) is 0 Å². The minimum atomic E-state index is -1.98. The maximum Gasteiger partial charge on any atom is 0.341 e. The third-order valence-corrected chi connectivity index (χ3v) is 6.25. The molecule has 15 heteroatoms. The molecule has 2 aliphatic rings. The number of carbonyl (C=O) groups is 4. The molecular weight excluding hydrogens is 483 g/mol. The molecule has 3 N–H and O–H groups in total. The Morgan fingerprint density at radius 3 is 2.44 bits per heavy atom. The van der Waals surface area contributed by atoms with Gasteiger partial charge in [0.25, 0.3) is 5.91 Å². The van der Waals surface area contributed by atoms with Crippen molar-refractivity contribution in [1.29, 1.82) is 0 Å². The smallest absolute Gasteiger partial charge is 0.341 e. The van der Waals surface area contributed by atoms with Crippen LogP contribution < -0.4 is 21.0 Å². The quantitative estimate of drug-likeness (QED) is 0.352. The molecule has 0 radical (unpaired) electrons. The summed E-state index contributed by atoms with van der Waals surface area (Å²) in [6.45, 7) is 2.34. The molecule has 2 aliphatic heterocycles. The minimum absolute atomic E-state index is 0.0211. The highest BCUT2D eigenvalue weighted by atomic mass is 19.1. The second-order valence-electron chi connectivity index (χ2n) is 8.27. The van der Waals surface area contributed by atoms with Gasteiger partial charge in [0.15, 0.2) is 6.04 Å². The molecule has 3 heterocycles. The van der Waals surface area contributed by atoms with Crippen molar-refractivity contribution in [3.05, 3.63) is 50.0 Å². The number of anilines is 1. The van der Waals surface area contributed by atoms with E-state index in [1.807, 2.05) is 0 Å². The van der Waals surface area contributed by atoms with E-state index < -0.39 is 57.6 Å². The Hall–Kier alpha value is -4.56. The maximum atomic E-state index is 15.0.